The molecule has 18 atom stereocenters. The topological polar surface area (TPSA) is 695 Å². The molecule has 6 fully saturated rings. The fraction of sp³-hybridized carbons (Fsp3) is 0.600. The molecule has 0 spiro atoms. The van der Waals surface area contributed by atoms with E-state index in [0.717, 1.165) is 20.5 Å². The Morgan fingerprint density at radius 3 is 1.11 bits per heavy atom. The van der Waals surface area contributed by atoms with E-state index in [2.05, 4.69) is 53.0 Å². The van der Waals surface area contributed by atoms with Crippen LogP contribution in [0.4, 0.5) is 23.8 Å². The smallest absolute Gasteiger partial charge is 0.328 e. The molecule has 8 aromatic rings. The van der Waals surface area contributed by atoms with E-state index in [0.29, 0.717) is 34.0 Å². The molecule has 6 saturated heterocycles. The molecule has 46 nitrogen and oxygen atoms in total. The number of carbonyl (C=O) groups excluding carboxylic acids is 4. The molecule has 0 unspecified atom stereocenters. The number of aromatic amines is 4. The van der Waals surface area contributed by atoms with Gasteiger partial charge >= 0.3 is 31.4 Å². The van der Waals surface area contributed by atoms with E-state index >= 15 is 0 Å². The molecule has 113 heavy (non-hydrogen) atoms. The van der Waals surface area contributed by atoms with Crippen LogP contribution in [0.2, 0.25) is 0 Å². The number of anilines is 4. The lowest BCUT2D eigenvalue weighted by molar-refractivity contribution is -0.202. The fourth-order valence-electron chi connectivity index (χ4n) is 12.4. The summed E-state index contributed by atoms with van der Waals surface area (Å²) in [7, 11) is 4.47. The third-order valence-corrected chi connectivity index (χ3v) is 21.1. The number of ether oxygens (including phenoxy) is 10. The molecule has 0 aromatic carbocycles. The molecule has 0 bridgehead atoms. The Labute approximate surface area is 661 Å². The molecule has 8 aromatic heterocycles. The third-order valence-electron chi connectivity index (χ3n) is 17.3. The van der Waals surface area contributed by atoms with Crippen LogP contribution in [0.5, 0.6) is 0 Å². The fourth-order valence-corrected chi connectivity index (χ4v) is 15.7. The van der Waals surface area contributed by atoms with E-state index in [9.17, 15) is 83.1 Å². The number of carbonyl (C=O) groups is 4. The highest BCUT2D eigenvalue weighted by atomic mass is 35.5. The number of nitrogens with zero attached hydrogens (tertiary/aromatic N) is 8. The summed E-state index contributed by atoms with van der Waals surface area (Å²) in [5.41, 5.74) is 25.5. The second kappa shape index (κ2) is 35.8. The van der Waals surface area contributed by atoms with Gasteiger partial charge < -0.3 is 117 Å². The minimum Gasteiger partial charge on any atom is -0.462 e. The molecule has 14 rings (SSSR count). The van der Waals surface area contributed by atoms with Gasteiger partial charge in [-0.15, -0.1) is 24.8 Å². The summed E-state index contributed by atoms with van der Waals surface area (Å²) in [6.07, 6.45) is -16.4. The first kappa shape index (κ1) is 90.1. The highest BCUT2D eigenvalue weighted by molar-refractivity contribution is 7.17. The lowest BCUT2D eigenvalue weighted by atomic mass is 10.0. The van der Waals surface area contributed by atoms with Crippen LogP contribution >= 0.6 is 70.2 Å². The average Bonchev–Trinajstić information content (AvgIpc) is 1.59. The molecule has 0 saturated carbocycles. The van der Waals surface area contributed by atoms with Gasteiger partial charge in [0.05, 0.1) is 18.9 Å². The lowest BCUT2D eigenvalue weighted by Crippen LogP contribution is -2.45. The standard InChI is InChI=1S/C20H27N5O8S.C15H21N5O7S.C13H16N4O6S.C10H12N4O6S.C2H3BO.2ClH/c1-7(2)10(22-8(3)26)17(28)30-6-9-11-12(33-20(4,5)32-11)16(31-9)25-14-13(34-19(25)29)15(27)24-18(21)23-14;1-4(2)6(16)13(24)26-3-5-7(21)8(22)12(27-5)20-10-9(28-15(20)25)11(23)19-14(17)18-10;1-13(2)22-5-4(3-18)21-10(6(5)23-13)17-8-7(24-12(17)20)9(19)16-11(14)15-8;11-9-12-6-5(7(18)13-9)21-10(19)14(6)8-4(17)3(16)2(1-15)20-8;1-2(3)4;;/h7,9-12,16H,6H2,1-5H3,(H,22,26)(H3,21,23,24,27);4-8,12,21-22H,3,16H2,1-2H3,(H3,17,18,19,23);4-6,10,18H,3H2,1-2H3,(H3,14,15,16,19);2-4,8,15-17H,1H2,(H3,11,12,13,18);1H3;2*1H/t9-,10+,11-,12-,16-;5-,6+,7-,8-,12-;4-,5-,6-,10-;2-,3-,4-,8-;;;/m1111.../s1. The van der Waals surface area contributed by atoms with Gasteiger partial charge in [-0.1, -0.05) is 73.0 Å². The number of aromatic nitrogens is 12. The molecule has 2 radical (unpaired) electrons. The summed E-state index contributed by atoms with van der Waals surface area (Å²) in [6.45, 7) is 15.2. The molecule has 6 aliphatic rings. The number of nitrogens with one attached hydrogen (secondary N) is 5. The van der Waals surface area contributed by atoms with Crippen molar-refractivity contribution < 1.29 is 97.2 Å². The number of aliphatic hydroxyl groups excluding tert-OH is 6. The van der Waals surface area contributed by atoms with Crippen LogP contribution in [0, 0.1) is 11.8 Å². The summed E-state index contributed by atoms with van der Waals surface area (Å²) in [5, 5.41) is 61.5. The Morgan fingerprint density at radius 2 is 0.779 bits per heavy atom. The second-order valence-corrected chi connectivity index (χ2v) is 31.0. The zero-order valence-corrected chi connectivity index (χ0v) is 65.9. The van der Waals surface area contributed by atoms with Gasteiger partial charge in [-0.25, -0.2) is 4.79 Å². The van der Waals surface area contributed by atoms with E-state index in [4.69, 9.17) is 81.1 Å². The maximum Gasteiger partial charge on any atom is 0.328 e. The minimum absolute atomic E-state index is 0. The summed E-state index contributed by atoms with van der Waals surface area (Å²) >= 11 is 2.69. The van der Waals surface area contributed by atoms with Crippen molar-refractivity contribution in [2.24, 2.45) is 17.6 Å². The van der Waals surface area contributed by atoms with Gasteiger partial charge in [-0.2, -0.15) is 19.9 Å². The molecule has 6 aliphatic heterocycles. The maximum atomic E-state index is 12.8. The monoisotopic (exact) mass is 1710 g/mol. The largest absolute Gasteiger partial charge is 0.462 e. The van der Waals surface area contributed by atoms with Crippen molar-refractivity contribution in [3.63, 3.8) is 0 Å². The first-order valence-electron chi connectivity index (χ1n) is 33.5. The number of fused-ring (bicyclic) bond motifs is 6. The number of esters is 2. The molecule has 0 aliphatic carbocycles. The maximum absolute atomic E-state index is 12.8. The number of H-pyrrole nitrogens is 4. The van der Waals surface area contributed by atoms with E-state index < -0.39 is 182 Å². The van der Waals surface area contributed by atoms with Crippen LogP contribution in [0.25, 0.3) is 41.4 Å². The van der Waals surface area contributed by atoms with Gasteiger partial charge in [0.1, 0.15) is 117 Å². The number of rotatable bonds is 15. The van der Waals surface area contributed by atoms with Crippen molar-refractivity contribution in [1.29, 1.82) is 0 Å². The van der Waals surface area contributed by atoms with E-state index in [1.165, 1.54) is 23.0 Å². The number of nitrogen functional groups attached to an aromatic ring is 4. The van der Waals surface area contributed by atoms with Crippen molar-refractivity contribution >= 4 is 167 Å². The number of nitrogens with two attached hydrogens (primary N) is 5. The predicted octanol–water partition coefficient (Wildman–Crippen LogP) is -5.25. The van der Waals surface area contributed by atoms with Crippen LogP contribution in [0.15, 0.2) is 38.4 Å². The number of hydrogen-bond donors (Lipinski definition) is 16. The van der Waals surface area contributed by atoms with Crippen molar-refractivity contribution in [2.75, 3.05) is 49.4 Å². The molecule has 21 N–H and O–H groups in total. The van der Waals surface area contributed by atoms with Gasteiger partial charge in [-0.3, -0.25) is 86.1 Å². The Balaban J connectivity index is 0.000000187. The van der Waals surface area contributed by atoms with Gasteiger partial charge in [-0.05, 0) is 46.5 Å². The van der Waals surface area contributed by atoms with Crippen molar-refractivity contribution in [2.45, 2.75) is 191 Å². The normalized spacial score (nSPS) is 26.8. The zero-order chi connectivity index (χ0) is 81.8. The van der Waals surface area contributed by atoms with Crippen LogP contribution in [0.1, 0.15) is 94.1 Å². The summed E-state index contributed by atoms with van der Waals surface area (Å²) < 4.78 is 61.4. The first-order chi connectivity index (χ1) is 52.0. The molecule has 14 heterocycles. The summed E-state index contributed by atoms with van der Waals surface area (Å²) in [6, 6.07) is -1.67. The number of amides is 1. The van der Waals surface area contributed by atoms with Crippen LogP contribution in [0.3, 0.4) is 0 Å². The lowest BCUT2D eigenvalue weighted by Gasteiger charge is -2.25. The van der Waals surface area contributed by atoms with E-state index in [1.54, 1.807) is 55.4 Å². The van der Waals surface area contributed by atoms with E-state index in [-0.39, 0.29) is 133 Å². The van der Waals surface area contributed by atoms with Gasteiger partial charge in [0.15, 0.2) is 66.9 Å². The molecular formula is C60H81BCl2N18O28S4. The van der Waals surface area contributed by atoms with Crippen LogP contribution in [-0.2, 0) is 66.5 Å². The Kier molecular flexibility index (Phi) is 28.5. The second-order valence-electron chi connectivity index (χ2n) is 27.1. The van der Waals surface area contributed by atoms with Gasteiger partial charge in [0, 0.05) is 6.92 Å². The summed E-state index contributed by atoms with van der Waals surface area (Å²) in [5.74, 6) is -4.51. The average molecular weight is 1710 g/mol. The summed E-state index contributed by atoms with van der Waals surface area (Å²) in [4.78, 5) is 166. The highest BCUT2D eigenvalue weighted by Crippen LogP contribution is 2.45. The van der Waals surface area contributed by atoms with Crippen molar-refractivity contribution in [3.8, 4) is 0 Å². The number of halogens is 2. The van der Waals surface area contributed by atoms with Gasteiger partial charge in [0.2, 0.25) is 29.7 Å². The molecular weight excluding hydrogens is 1630 g/mol. The van der Waals surface area contributed by atoms with E-state index in [1.807, 2.05) is 0 Å². The SMILES string of the molecule is CC(=O)N[C@H](C(=O)OC[C@H]1O[C@@H](n2c(=O)sc3c(=O)[nH]c(N)nc32)[C@@H]2OC(C)(C)O[C@@H]21)C(C)C.CC(C)[C@H](N)C(=O)OC[C@H]1O[C@@H](n2c(=O)sc3c(=O)[nH]c(N)nc32)[C@H](O)[C@@H]1O.CC1(C)O[C@@H]2[C@H](O1)[C@@H](CO)O[C@H]2n1c(=O)sc2c(=O)[nH]c(N)nc21.Cl.Cl.Nc1nc2c(sc(=O)n2[C@@H]2O[C@H](CO)[C@@H](O)[C@H]2O)c(=O)[nH]1.[B]C(C)=O. The van der Waals surface area contributed by atoms with Crippen LogP contribution < -0.4 is 75.7 Å². The Hall–Kier alpha value is -8.40. The molecule has 1 amide bonds. The van der Waals surface area contributed by atoms with Crippen molar-refractivity contribution in [1.82, 2.24) is 63.5 Å². The number of aliphatic hydroxyl groups is 6. The van der Waals surface area contributed by atoms with Crippen LogP contribution in [-0.4, -0.2) is 243 Å². The highest BCUT2D eigenvalue weighted by Gasteiger charge is 2.59. The zero-order valence-electron chi connectivity index (χ0n) is 61.0. The number of hydrogen-bond acceptors (Lipinski definition) is 41. The predicted molar refractivity (Wildman–Crippen MR) is 405 cm³/mol. The quantitative estimate of drug-likeness (QED) is 0.0337. The first-order valence-corrected chi connectivity index (χ1v) is 36.8. The Bertz CT molecular complexity index is 5340. The third kappa shape index (κ3) is 18.9. The van der Waals surface area contributed by atoms with Gasteiger partial charge in [0.25, 0.3) is 22.2 Å². The van der Waals surface area contributed by atoms with Crippen molar-refractivity contribution in [3.05, 3.63) is 80.1 Å². The number of thiazole rings is 4. The minimum atomic E-state index is -1.53. The molecule has 53 heteroatoms. The Morgan fingerprint density at radius 1 is 0.487 bits per heavy atom. The molecule has 620 valence electrons.